The number of alkyl carbamates (subject to hydrolysis) is 1. The van der Waals surface area contributed by atoms with E-state index in [-0.39, 0.29) is 29.1 Å². The predicted octanol–water partition coefficient (Wildman–Crippen LogP) is 6.74. The minimum absolute atomic E-state index is 0.0158. The van der Waals surface area contributed by atoms with Gasteiger partial charge in [0.25, 0.3) is 0 Å². The van der Waals surface area contributed by atoms with Crippen molar-refractivity contribution in [1.29, 1.82) is 0 Å². The van der Waals surface area contributed by atoms with Gasteiger partial charge in [0.05, 0.1) is 11.0 Å². The van der Waals surface area contributed by atoms with Gasteiger partial charge in [0.15, 0.2) is 5.82 Å². The van der Waals surface area contributed by atoms with Gasteiger partial charge in [0.1, 0.15) is 11.6 Å². The summed E-state index contributed by atoms with van der Waals surface area (Å²) in [5.41, 5.74) is 5.58. The number of hydrogen-bond acceptors (Lipinski definition) is 5. The molecule has 0 unspecified atom stereocenters. The van der Waals surface area contributed by atoms with E-state index in [0.29, 0.717) is 37.8 Å². The van der Waals surface area contributed by atoms with Gasteiger partial charge >= 0.3 is 18.2 Å². The van der Waals surface area contributed by atoms with Gasteiger partial charge in [0.2, 0.25) is 11.8 Å². The first-order valence-corrected chi connectivity index (χ1v) is 15.4. The average Bonchev–Trinajstić information content (AvgIpc) is 3.40. The number of aromatic amines is 1. The summed E-state index contributed by atoms with van der Waals surface area (Å²) in [4.78, 5) is 45.8. The van der Waals surface area contributed by atoms with E-state index in [0.717, 1.165) is 4.47 Å². The van der Waals surface area contributed by atoms with Crippen molar-refractivity contribution in [3.8, 4) is 0 Å². The summed E-state index contributed by atoms with van der Waals surface area (Å²) in [6, 6.07) is 9.54. The molecule has 1 aromatic heterocycles. The lowest BCUT2D eigenvalue weighted by Gasteiger charge is -2.35. The maximum Gasteiger partial charge on any atom is 0.461 e. The monoisotopic (exact) mass is 715 g/mol. The van der Waals surface area contributed by atoms with Crippen molar-refractivity contribution in [2.24, 2.45) is 17.6 Å². The second-order valence-corrected chi connectivity index (χ2v) is 13.3. The summed E-state index contributed by atoms with van der Waals surface area (Å²) >= 11 is 3.35. The summed E-state index contributed by atoms with van der Waals surface area (Å²) in [7, 11) is 0. The van der Waals surface area contributed by atoms with Gasteiger partial charge in [-0.25, -0.2) is 9.78 Å². The molecule has 1 aliphatic rings. The highest BCUT2D eigenvalue weighted by atomic mass is 79.9. The topological polar surface area (TPSA) is 130 Å². The zero-order valence-electron chi connectivity index (χ0n) is 25.4. The lowest BCUT2D eigenvalue weighted by molar-refractivity contribution is -0.292. The summed E-state index contributed by atoms with van der Waals surface area (Å²) in [5, 5.41) is 2.75. The number of amides is 3. The van der Waals surface area contributed by atoms with E-state index in [1.54, 1.807) is 45.0 Å². The molecule has 0 spiro atoms. The van der Waals surface area contributed by atoms with E-state index >= 15 is 0 Å². The molecule has 250 valence electrons. The third kappa shape index (κ3) is 8.34. The summed E-state index contributed by atoms with van der Waals surface area (Å²) in [6.07, 6.45) is -4.38. The van der Waals surface area contributed by atoms with Crippen LogP contribution in [0.2, 0.25) is 0 Å². The Balaban J connectivity index is 1.62. The molecule has 0 saturated heterocycles. The third-order valence-corrected chi connectivity index (χ3v) is 8.28. The fraction of sp³-hybridized carbons (Fsp3) is 0.484. The number of imidazole rings is 1. The number of fused-ring (bicyclic) bond motifs is 1. The Hall–Kier alpha value is -3.75. The van der Waals surface area contributed by atoms with Crippen molar-refractivity contribution < 1.29 is 41.1 Å². The lowest BCUT2D eigenvalue weighted by Crippen LogP contribution is -2.52. The number of H-pyrrole nitrogens is 1. The van der Waals surface area contributed by atoms with Crippen LogP contribution in [0.3, 0.4) is 0 Å². The van der Waals surface area contributed by atoms with Crippen LogP contribution in [0, 0.1) is 11.8 Å². The van der Waals surface area contributed by atoms with E-state index in [9.17, 15) is 36.3 Å². The number of ether oxygens (including phenoxy) is 1. The molecule has 1 atom stereocenters. The fourth-order valence-corrected chi connectivity index (χ4v) is 5.67. The number of rotatable bonds is 9. The first kappa shape index (κ1) is 35.1. The third-order valence-electron chi connectivity index (χ3n) is 7.75. The maximum atomic E-state index is 14.2. The van der Waals surface area contributed by atoms with Gasteiger partial charge in [0, 0.05) is 29.0 Å². The number of nitrogens with zero attached hydrogens (tertiary/aromatic N) is 2. The Kier molecular flexibility index (Phi) is 10.3. The van der Waals surface area contributed by atoms with Gasteiger partial charge in [-0.1, -0.05) is 28.1 Å². The molecule has 0 aliphatic heterocycles. The molecule has 3 amide bonds. The Morgan fingerprint density at radius 1 is 1.04 bits per heavy atom. The van der Waals surface area contributed by atoms with E-state index in [2.05, 4.69) is 26.2 Å². The minimum atomic E-state index is -5.88. The highest BCUT2D eigenvalue weighted by Gasteiger charge is 2.61. The molecule has 4 rings (SSSR count). The second-order valence-electron chi connectivity index (χ2n) is 12.4. The van der Waals surface area contributed by atoms with Crippen molar-refractivity contribution in [2.75, 3.05) is 11.4 Å². The number of hydrogen-bond donors (Lipinski definition) is 3. The number of carbonyl (C=O) groups is 3. The number of nitrogens with two attached hydrogens (primary N) is 1. The molecule has 1 fully saturated rings. The Morgan fingerprint density at radius 2 is 1.67 bits per heavy atom. The molecule has 0 radical (unpaired) electrons. The molecule has 1 heterocycles. The van der Waals surface area contributed by atoms with Crippen molar-refractivity contribution in [1.82, 2.24) is 15.3 Å². The zero-order valence-corrected chi connectivity index (χ0v) is 27.0. The Bertz CT molecular complexity index is 1560. The SMILES string of the molecule is CC(C)(C)OC(=O)NCC1CCC(C(=O)N(c2ccc3nc(C(F)(F)C(F)(F)F)[nH]c3c2)[C@@H](Cc2ccc(Br)cc2)C(N)=O)CC1. The Morgan fingerprint density at radius 3 is 2.24 bits per heavy atom. The first-order valence-electron chi connectivity index (χ1n) is 14.6. The second kappa shape index (κ2) is 13.5. The van der Waals surface area contributed by atoms with Crippen LogP contribution in [0.1, 0.15) is 57.8 Å². The molecule has 1 aliphatic carbocycles. The highest BCUT2D eigenvalue weighted by Crippen LogP contribution is 2.43. The van der Waals surface area contributed by atoms with Crippen molar-refractivity contribution in [3.63, 3.8) is 0 Å². The number of primary amides is 1. The smallest absolute Gasteiger partial charge is 0.444 e. The largest absolute Gasteiger partial charge is 0.461 e. The number of aromatic nitrogens is 2. The minimum Gasteiger partial charge on any atom is -0.444 e. The summed E-state index contributed by atoms with van der Waals surface area (Å²) < 4.78 is 73.3. The molecule has 0 bridgehead atoms. The standard InChI is InChI=1S/C31H35BrF5N5O4/c1-29(2,3)46-28(45)39-16-18-4-8-19(9-5-18)26(44)42(24(25(38)43)14-17-6-10-20(32)11-7-17)21-12-13-22-23(15-21)41-27(40-22)30(33,34)31(35,36)37/h6-7,10-13,15,18-19,24H,4-5,8-9,14,16H2,1-3H3,(H2,38,43)(H,39,45)(H,40,41)/t18?,19?,24-/m0/s1. The van der Waals surface area contributed by atoms with Crippen molar-refractivity contribution in [3.05, 3.63) is 58.3 Å². The molecule has 2 aromatic carbocycles. The molecule has 3 aromatic rings. The molecule has 4 N–H and O–H groups in total. The number of alkyl halides is 5. The first-order chi connectivity index (χ1) is 21.4. The summed E-state index contributed by atoms with van der Waals surface area (Å²) in [5.74, 6) is -8.58. The Labute approximate surface area is 270 Å². The molecule has 46 heavy (non-hydrogen) atoms. The molecule has 9 nitrogen and oxygen atoms in total. The quantitative estimate of drug-likeness (QED) is 0.211. The van der Waals surface area contributed by atoms with Crippen LogP contribution in [-0.4, -0.2) is 52.2 Å². The average molecular weight is 717 g/mol. The predicted molar refractivity (Wildman–Crippen MR) is 164 cm³/mol. The van der Waals surface area contributed by atoms with Crippen LogP contribution in [0.25, 0.3) is 11.0 Å². The van der Waals surface area contributed by atoms with E-state index in [1.165, 1.54) is 23.1 Å². The maximum absolute atomic E-state index is 14.2. The van der Waals surface area contributed by atoms with Crippen molar-refractivity contribution in [2.45, 2.75) is 76.6 Å². The molecule has 15 heteroatoms. The number of nitrogens with one attached hydrogen (secondary N) is 2. The van der Waals surface area contributed by atoms with Gasteiger partial charge in [-0.05, 0) is 88.3 Å². The number of carbonyl (C=O) groups excluding carboxylic acids is 3. The van der Waals surface area contributed by atoms with Gasteiger partial charge in [-0.3, -0.25) is 14.5 Å². The van der Waals surface area contributed by atoms with Crippen LogP contribution in [0.15, 0.2) is 46.9 Å². The lowest BCUT2D eigenvalue weighted by atomic mass is 9.81. The van der Waals surface area contributed by atoms with Gasteiger partial charge in [-0.2, -0.15) is 22.0 Å². The highest BCUT2D eigenvalue weighted by molar-refractivity contribution is 9.10. The van der Waals surface area contributed by atoms with Gasteiger partial charge < -0.3 is 20.8 Å². The number of benzene rings is 2. The number of anilines is 1. The summed E-state index contributed by atoms with van der Waals surface area (Å²) in [6.45, 7) is 5.62. The fourth-order valence-electron chi connectivity index (χ4n) is 5.41. The van der Waals surface area contributed by atoms with Crippen LogP contribution >= 0.6 is 15.9 Å². The van der Waals surface area contributed by atoms with E-state index in [1.807, 2.05) is 4.98 Å². The van der Waals surface area contributed by atoms with Crippen LogP contribution in [0.5, 0.6) is 0 Å². The van der Waals surface area contributed by atoms with E-state index in [4.69, 9.17) is 10.5 Å². The van der Waals surface area contributed by atoms with Crippen LogP contribution in [-0.2, 0) is 26.7 Å². The van der Waals surface area contributed by atoms with Crippen molar-refractivity contribution >= 4 is 50.6 Å². The van der Waals surface area contributed by atoms with Crippen LogP contribution in [0.4, 0.5) is 32.4 Å². The van der Waals surface area contributed by atoms with E-state index < -0.39 is 53.4 Å². The zero-order chi connectivity index (χ0) is 34.0. The molecular formula is C31H35BrF5N5O4. The molecule has 1 saturated carbocycles. The number of halogens is 6. The van der Waals surface area contributed by atoms with Gasteiger partial charge in [-0.15, -0.1) is 0 Å². The van der Waals surface area contributed by atoms with Crippen LogP contribution < -0.4 is 16.0 Å². The normalized spacial score (nSPS) is 18.2. The molecular weight excluding hydrogens is 681 g/mol.